The van der Waals surface area contributed by atoms with Crippen molar-refractivity contribution in [3.63, 3.8) is 0 Å². The SMILES string of the molecule is CCc1nc(CCNS(=O)(=O)c2cncc(C)c2)sc1C. The molecule has 5 nitrogen and oxygen atoms in total. The van der Waals surface area contributed by atoms with Crippen LogP contribution in [-0.2, 0) is 22.9 Å². The van der Waals surface area contributed by atoms with Crippen LogP contribution in [0.2, 0.25) is 0 Å². The van der Waals surface area contributed by atoms with Crippen molar-refractivity contribution in [1.29, 1.82) is 0 Å². The molecule has 2 aromatic heterocycles. The van der Waals surface area contributed by atoms with Crippen LogP contribution in [0.5, 0.6) is 0 Å². The molecule has 0 aromatic carbocycles. The summed E-state index contributed by atoms with van der Waals surface area (Å²) in [7, 11) is -3.50. The summed E-state index contributed by atoms with van der Waals surface area (Å²) in [5.74, 6) is 0. The van der Waals surface area contributed by atoms with Crippen molar-refractivity contribution in [3.8, 4) is 0 Å². The Hall–Kier alpha value is -1.31. The van der Waals surface area contributed by atoms with Crippen LogP contribution >= 0.6 is 11.3 Å². The van der Waals surface area contributed by atoms with E-state index in [1.807, 2.05) is 13.8 Å². The third-order valence-corrected chi connectivity index (χ3v) is 5.56. The van der Waals surface area contributed by atoms with Crippen molar-refractivity contribution in [2.24, 2.45) is 0 Å². The summed E-state index contributed by atoms with van der Waals surface area (Å²) in [6.45, 7) is 6.27. The molecule has 0 atom stereocenters. The Kier molecular flexibility index (Phi) is 5.08. The van der Waals surface area contributed by atoms with E-state index in [0.29, 0.717) is 13.0 Å². The number of nitrogens with zero attached hydrogens (tertiary/aromatic N) is 2. The number of nitrogens with one attached hydrogen (secondary N) is 1. The average molecular weight is 325 g/mol. The van der Waals surface area contributed by atoms with Crippen LogP contribution in [0.3, 0.4) is 0 Å². The molecule has 2 rings (SSSR count). The monoisotopic (exact) mass is 325 g/mol. The number of hydrogen-bond donors (Lipinski definition) is 1. The Labute approximate surface area is 129 Å². The van der Waals surface area contributed by atoms with Crippen LogP contribution in [0.15, 0.2) is 23.4 Å². The molecule has 0 aliphatic carbocycles. The molecule has 0 bridgehead atoms. The molecule has 7 heteroatoms. The van der Waals surface area contributed by atoms with Gasteiger partial charge in [-0.15, -0.1) is 11.3 Å². The second-order valence-corrected chi connectivity index (χ2v) is 7.86. The molecule has 0 aliphatic rings. The summed E-state index contributed by atoms with van der Waals surface area (Å²) in [4.78, 5) is 9.83. The molecule has 114 valence electrons. The predicted octanol–water partition coefficient (Wildman–Crippen LogP) is 2.24. The molecule has 0 radical (unpaired) electrons. The Morgan fingerprint density at radius 3 is 2.67 bits per heavy atom. The third kappa shape index (κ3) is 4.09. The molecule has 0 saturated carbocycles. The van der Waals surface area contributed by atoms with E-state index in [2.05, 4.69) is 21.6 Å². The predicted molar refractivity (Wildman–Crippen MR) is 84.1 cm³/mol. The van der Waals surface area contributed by atoms with Crippen LogP contribution < -0.4 is 4.72 Å². The Balaban J connectivity index is 1.99. The van der Waals surface area contributed by atoms with Gasteiger partial charge in [0.2, 0.25) is 10.0 Å². The van der Waals surface area contributed by atoms with Gasteiger partial charge in [0.1, 0.15) is 4.90 Å². The van der Waals surface area contributed by atoms with Gasteiger partial charge in [0.05, 0.1) is 10.7 Å². The second-order valence-electron chi connectivity index (χ2n) is 4.81. The van der Waals surface area contributed by atoms with E-state index in [9.17, 15) is 8.42 Å². The Bertz CT molecular complexity index is 724. The van der Waals surface area contributed by atoms with Gasteiger partial charge < -0.3 is 0 Å². The van der Waals surface area contributed by atoms with Gasteiger partial charge in [-0.1, -0.05) is 6.92 Å². The molecular weight excluding hydrogens is 306 g/mol. The van der Waals surface area contributed by atoms with Crippen molar-refractivity contribution in [1.82, 2.24) is 14.7 Å². The fourth-order valence-electron chi connectivity index (χ4n) is 1.97. The van der Waals surface area contributed by atoms with Gasteiger partial charge in [-0.3, -0.25) is 4.98 Å². The van der Waals surface area contributed by atoms with Gasteiger partial charge in [0.15, 0.2) is 0 Å². The van der Waals surface area contributed by atoms with E-state index in [1.54, 1.807) is 23.6 Å². The topological polar surface area (TPSA) is 72.0 Å². The highest BCUT2D eigenvalue weighted by atomic mass is 32.2. The molecule has 1 N–H and O–H groups in total. The van der Waals surface area contributed by atoms with Gasteiger partial charge >= 0.3 is 0 Å². The first-order valence-electron chi connectivity index (χ1n) is 6.79. The first-order chi connectivity index (χ1) is 9.92. The van der Waals surface area contributed by atoms with E-state index >= 15 is 0 Å². The van der Waals surface area contributed by atoms with Gasteiger partial charge in [0, 0.05) is 30.2 Å². The van der Waals surface area contributed by atoms with Gasteiger partial charge in [-0.25, -0.2) is 18.1 Å². The second kappa shape index (κ2) is 6.64. The highest BCUT2D eigenvalue weighted by Crippen LogP contribution is 2.18. The number of aromatic nitrogens is 2. The van der Waals surface area contributed by atoms with Gasteiger partial charge in [-0.05, 0) is 31.9 Å². The highest BCUT2D eigenvalue weighted by molar-refractivity contribution is 7.89. The van der Waals surface area contributed by atoms with E-state index in [4.69, 9.17) is 0 Å². The third-order valence-electron chi connectivity index (χ3n) is 3.06. The lowest BCUT2D eigenvalue weighted by molar-refractivity contribution is 0.581. The van der Waals surface area contributed by atoms with Crippen LogP contribution in [0.4, 0.5) is 0 Å². The number of sulfonamides is 1. The minimum Gasteiger partial charge on any atom is -0.263 e. The molecule has 2 heterocycles. The quantitative estimate of drug-likeness (QED) is 0.884. The molecule has 2 aromatic rings. The average Bonchev–Trinajstić information content (AvgIpc) is 2.79. The van der Waals surface area contributed by atoms with E-state index in [1.165, 1.54) is 11.1 Å². The lowest BCUT2D eigenvalue weighted by Crippen LogP contribution is -2.26. The molecule has 0 saturated heterocycles. The fourth-order valence-corrected chi connectivity index (χ4v) is 4.07. The summed E-state index contributed by atoms with van der Waals surface area (Å²) in [6.07, 6.45) is 4.49. The molecule has 0 unspecified atom stereocenters. The van der Waals surface area contributed by atoms with Crippen molar-refractivity contribution < 1.29 is 8.42 Å². The summed E-state index contributed by atoms with van der Waals surface area (Å²) in [5.41, 5.74) is 1.92. The molecular formula is C14H19N3O2S2. The van der Waals surface area contributed by atoms with Crippen molar-refractivity contribution in [2.45, 2.75) is 38.5 Å². The minimum atomic E-state index is -3.50. The van der Waals surface area contributed by atoms with Crippen molar-refractivity contribution in [2.75, 3.05) is 6.54 Å². The Morgan fingerprint density at radius 1 is 1.29 bits per heavy atom. The van der Waals surface area contributed by atoms with Gasteiger partial charge in [-0.2, -0.15) is 0 Å². The van der Waals surface area contributed by atoms with E-state index in [0.717, 1.165) is 22.7 Å². The normalized spacial score (nSPS) is 11.8. The van der Waals surface area contributed by atoms with E-state index in [-0.39, 0.29) is 4.90 Å². The maximum atomic E-state index is 12.1. The first-order valence-corrected chi connectivity index (χ1v) is 9.09. The Morgan fingerprint density at radius 2 is 2.05 bits per heavy atom. The number of rotatable bonds is 6. The highest BCUT2D eigenvalue weighted by Gasteiger charge is 2.14. The standard InChI is InChI=1S/C14H19N3O2S2/c1-4-13-11(3)20-14(17-13)5-6-16-21(18,19)12-7-10(2)8-15-9-12/h7-9,16H,4-6H2,1-3H3. The largest absolute Gasteiger partial charge is 0.263 e. The lowest BCUT2D eigenvalue weighted by Gasteiger charge is -2.05. The summed E-state index contributed by atoms with van der Waals surface area (Å²) < 4.78 is 26.9. The van der Waals surface area contributed by atoms with Crippen molar-refractivity contribution >= 4 is 21.4 Å². The zero-order valence-electron chi connectivity index (χ0n) is 12.4. The van der Waals surface area contributed by atoms with Crippen LogP contribution in [-0.4, -0.2) is 24.9 Å². The maximum Gasteiger partial charge on any atom is 0.242 e. The summed E-state index contributed by atoms with van der Waals surface area (Å²) in [5, 5.41) is 0.967. The van der Waals surface area contributed by atoms with Crippen molar-refractivity contribution in [3.05, 3.63) is 39.6 Å². The zero-order valence-corrected chi connectivity index (χ0v) is 14.0. The number of pyridine rings is 1. The molecule has 21 heavy (non-hydrogen) atoms. The lowest BCUT2D eigenvalue weighted by atomic mass is 10.3. The van der Waals surface area contributed by atoms with Crippen LogP contribution in [0.1, 0.15) is 28.1 Å². The first kappa shape index (κ1) is 16.1. The number of hydrogen-bond acceptors (Lipinski definition) is 5. The summed E-state index contributed by atoms with van der Waals surface area (Å²) in [6, 6.07) is 1.61. The van der Waals surface area contributed by atoms with Crippen LogP contribution in [0.25, 0.3) is 0 Å². The van der Waals surface area contributed by atoms with Crippen LogP contribution in [0, 0.1) is 13.8 Å². The van der Waals surface area contributed by atoms with Gasteiger partial charge in [0.25, 0.3) is 0 Å². The van der Waals surface area contributed by atoms with E-state index < -0.39 is 10.0 Å². The minimum absolute atomic E-state index is 0.201. The maximum absolute atomic E-state index is 12.1. The molecule has 0 fully saturated rings. The zero-order chi connectivity index (χ0) is 15.5. The number of aryl methyl sites for hydroxylation is 3. The summed E-state index contributed by atoms with van der Waals surface area (Å²) >= 11 is 1.63. The molecule has 0 spiro atoms. The molecule has 0 aliphatic heterocycles. The smallest absolute Gasteiger partial charge is 0.242 e. The fraction of sp³-hybridized carbons (Fsp3) is 0.429. The molecule has 0 amide bonds. The number of thiazole rings is 1.